The lowest BCUT2D eigenvalue weighted by atomic mass is 9.94. The molecule has 0 spiro atoms. The van der Waals surface area contributed by atoms with E-state index in [1.165, 1.54) is 44.5 Å². The summed E-state index contributed by atoms with van der Waals surface area (Å²) in [6.45, 7) is 8.42. The fourth-order valence-electron chi connectivity index (χ4n) is 3.95. The maximum atomic E-state index is 3.73. The van der Waals surface area contributed by atoms with Crippen molar-refractivity contribution < 1.29 is 0 Å². The van der Waals surface area contributed by atoms with Gasteiger partial charge in [0.2, 0.25) is 0 Å². The van der Waals surface area contributed by atoms with E-state index in [0.29, 0.717) is 6.04 Å². The predicted octanol–water partition coefficient (Wildman–Crippen LogP) is 3.46. The van der Waals surface area contributed by atoms with Gasteiger partial charge >= 0.3 is 0 Å². The Kier molecular flexibility index (Phi) is 4.42. The van der Waals surface area contributed by atoms with Gasteiger partial charge in [-0.05, 0) is 43.2 Å². The van der Waals surface area contributed by atoms with Crippen LogP contribution in [0.3, 0.4) is 0 Å². The standard InChI is InChI=1S/C18H28N2/c1-14(2)11-18(15-7-4-3-5-8-15)20-12-16-9-6-10-19-17(16)13-20/h3-5,7-8,14,16-19H,6,9-13H2,1-2H3. The van der Waals surface area contributed by atoms with Crippen molar-refractivity contribution in [2.75, 3.05) is 19.6 Å². The molecule has 2 heterocycles. The molecule has 1 N–H and O–H groups in total. The van der Waals surface area contributed by atoms with Gasteiger partial charge in [0.25, 0.3) is 0 Å². The highest BCUT2D eigenvalue weighted by Gasteiger charge is 2.37. The van der Waals surface area contributed by atoms with Gasteiger partial charge in [0, 0.05) is 25.2 Å². The predicted molar refractivity (Wildman–Crippen MR) is 84.7 cm³/mol. The molecule has 3 atom stereocenters. The molecule has 2 saturated heterocycles. The van der Waals surface area contributed by atoms with Crippen LogP contribution in [0, 0.1) is 11.8 Å². The van der Waals surface area contributed by atoms with Crippen LogP contribution in [0.25, 0.3) is 0 Å². The third-order valence-electron chi connectivity index (χ3n) is 4.95. The van der Waals surface area contributed by atoms with Gasteiger partial charge in [0.15, 0.2) is 0 Å². The second kappa shape index (κ2) is 6.28. The molecular weight excluding hydrogens is 244 g/mol. The number of piperidine rings is 1. The average molecular weight is 272 g/mol. The first-order chi connectivity index (χ1) is 9.74. The van der Waals surface area contributed by atoms with Crippen LogP contribution in [0.5, 0.6) is 0 Å². The number of likely N-dealkylation sites (tertiary alicyclic amines) is 1. The van der Waals surface area contributed by atoms with Crippen molar-refractivity contribution in [3.63, 3.8) is 0 Å². The largest absolute Gasteiger partial charge is 0.312 e. The fraction of sp³-hybridized carbons (Fsp3) is 0.667. The van der Waals surface area contributed by atoms with Crippen molar-refractivity contribution >= 4 is 0 Å². The normalized spacial score (nSPS) is 28.6. The van der Waals surface area contributed by atoms with E-state index in [4.69, 9.17) is 0 Å². The summed E-state index contributed by atoms with van der Waals surface area (Å²) in [5.74, 6) is 1.62. The van der Waals surface area contributed by atoms with Gasteiger partial charge in [0.1, 0.15) is 0 Å². The second-order valence-electron chi connectivity index (χ2n) is 6.97. The minimum absolute atomic E-state index is 0.601. The van der Waals surface area contributed by atoms with Crippen LogP contribution in [-0.4, -0.2) is 30.6 Å². The topological polar surface area (TPSA) is 15.3 Å². The highest BCUT2D eigenvalue weighted by Crippen LogP contribution is 2.34. The maximum Gasteiger partial charge on any atom is 0.0351 e. The van der Waals surface area contributed by atoms with Crippen molar-refractivity contribution in [3.8, 4) is 0 Å². The molecule has 110 valence electrons. The molecule has 2 heteroatoms. The lowest BCUT2D eigenvalue weighted by molar-refractivity contribution is 0.206. The number of hydrogen-bond acceptors (Lipinski definition) is 2. The Morgan fingerprint density at radius 3 is 2.70 bits per heavy atom. The van der Waals surface area contributed by atoms with Crippen molar-refractivity contribution in [1.82, 2.24) is 10.2 Å². The van der Waals surface area contributed by atoms with E-state index in [0.717, 1.165) is 17.9 Å². The van der Waals surface area contributed by atoms with E-state index in [1.807, 2.05) is 0 Å². The van der Waals surface area contributed by atoms with Crippen molar-refractivity contribution in [2.45, 2.75) is 45.2 Å². The van der Waals surface area contributed by atoms with E-state index in [-0.39, 0.29) is 0 Å². The Hall–Kier alpha value is -0.860. The number of nitrogens with one attached hydrogen (secondary N) is 1. The van der Waals surface area contributed by atoms with Crippen LogP contribution >= 0.6 is 0 Å². The van der Waals surface area contributed by atoms with Crippen LogP contribution in [0.1, 0.15) is 44.7 Å². The van der Waals surface area contributed by atoms with E-state index < -0.39 is 0 Å². The minimum Gasteiger partial charge on any atom is -0.312 e. The number of fused-ring (bicyclic) bond motifs is 1. The third-order valence-corrected chi connectivity index (χ3v) is 4.95. The monoisotopic (exact) mass is 272 g/mol. The molecule has 3 unspecified atom stereocenters. The highest BCUT2D eigenvalue weighted by atomic mass is 15.2. The van der Waals surface area contributed by atoms with Crippen molar-refractivity contribution in [2.24, 2.45) is 11.8 Å². The zero-order chi connectivity index (χ0) is 13.9. The Bertz CT molecular complexity index is 401. The molecule has 0 radical (unpaired) electrons. The molecule has 2 aliphatic rings. The highest BCUT2D eigenvalue weighted by molar-refractivity contribution is 5.20. The van der Waals surface area contributed by atoms with Crippen LogP contribution < -0.4 is 5.32 Å². The molecule has 2 fully saturated rings. The smallest absolute Gasteiger partial charge is 0.0351 e. The van der Waals surface area contributed by atoms with Gasteiger partial charge in [-0.3, -0.25) is 4.90 Å². The Morgan fingerprint density at radius 1 is 1.20 bits per heavy atom. The maximum absolute atomic E-state index is 3.73. The van der Waals surface area contributed by atoms with Gasteiger partial charge in [0.05, 0.1) is 0 Å². The SMILES string of the molecule is CC(C)CC(c1ccccc1)N1CC2CCCNC2C1. The fourth-order valence-corrected chi connectivity index (χ4v) is 3.95. The number of nitrogens with zero attached hydrogens (tertiary/aromatic N) is 1. The van der Waals surface area contributed by atoms with Gasteiger partial charge in [-0.25, -0.2) is 0 Å². The summed E-state index contributed by atoms with van der Waals surface area (Å²) in [6, 6.07) is 12.4. The summed E-state index contributed by atoms with van der Waals surface area (Å²) in [6.07, 6.45) is 4.04. The van der Waals surface area contributed by atoms with E-state index in [9.17, 15) is 0 Å². The van der Waals surface area contributed by atoms with Gasteiger partial charge in [-0.1, -0.05) is 44.2 Å². The quantitative estimate of drug-likeness (QED) is 0.903. The molecule has 2 aliphatic heterocycles. The van der Waals surface area contributed by atoms with Crippen LogP contribution in [0.15, 0.2) is 30.3 Å². The van der Waals surface area contributed by atoms with E-state index >= 15 is 0 Å². The van der Waals surface area contributed by atoms with Gasteiger partial charge in [-0.2, -0.15) is 0 Å². The van der Waals surface area contributed by atoms with E-state index in [2.05, 4.69) is 54.4 Å². The molecule has 0 bridgehead atoms. The molecule has 20 heavy (non-hydrogen) atoms. The lowest BCUT2D eigenvalue weighted by Gasteiger charge is -2.30. The summed E-state index contributed by atoms with van der Waals surface area (Å²) in [7, 11) is 0. The summed E-state index contributed by atoms with van der Waals surface area (Å²) >= 11 is 0. The number of hydrogen-bond donors (Lipinski definition) is 1. The Morgan fingerprint density at radius 2 is 2.00 bits per heavy atom. The van der Waals surface area contributed by atoms with Gasteiger partial charge < -0.3 is 5.32 Å². The lowest BCUT2D eigenvalue weighted by Crippen LogP contribution is -2.40. The molecule has 3 rings (SSSR count). The minimum atomic E-state index is 0.601. The summed E-state index contributed by atoms with van der Waals surface area (Å²) in [5.41, 5.74) is 1.50. The van der Waals surface area contributed by atoms with Gasteiger partial charge in [-0.15, -0.1) is 0 Å². The second-order valence-corrected chi connectivity index (χ2v) is 6.97. The Balaban J connectivity index is 1.76. The van der Waals surface area contributed by atoms with E-state index in [1.54, 1.807) is 0 Å². The number of rotatable bonds is 4. The molecule has 1 aromatic rings. The zero-order valence-electron chi connectivity index (χ0n) is 12.9. The molecule has 0 aromatic heterocycles. The Labute approximate surface area is 123 Å². The number of benzene rings is 1. The first kappa shape index (κ1) is 14.1. The molecule has 1 aromatic carbocycles. The molecule has 2 nitrogen and oxygen atoms in total. The molecule has 0 saturated carbocycles. The first-order valence-electron chi connectivity index (χ1n) is 8.26. The summed E-state index contributed by atoms with van der Waals surface area (Å²) in [5, 5.41) is 3.73. The zero-order valence-corrected chi connectivity index (χ0v) is 12.9. The average Bonchev–Trinajstić information content (AvgIpc) is 2.89. The summed E-state index contributed by atoms with van der Waals surface area (Å²) < 4.78 is 0. The van der Waals surface area contributed by atoms with Crippen LogP contribution in [-0.2, 0) is 0 Å². The van der Waals surface area contributed by atoms with Crippen LogP contribution in [0.4, 0.5) is 0 Å². The molecule has 0 amide bonds. The third kappa shape index (κ3) is 3.07. The first-order valence-corrected chi connectivity index (χ1v) is 8.26. The van der Waals surface area contributed by atoms with Crippen molar-refractivity contribution in [3.05, 3.63) is 35.9 Å². The van der Waals surface area contributed by atoms with Crippen molar-refractivity contribution in [1.29, 1.82) is 0 Å². The molecular formula is C18H28N2. The molecule has 0 aliphatic carbocycles. The van der Waals surface area contributed by atoms with Crippen LogP contribution in [0.2, 0.25) is 0 Å². The summed E-state index contributed by atoms with van der Waals surface area (Å²) in [4.78, 5) is 2.74.